The number of aromatic nitrogens is 3. The number of aliphatic carboxylic acids is 2. The van der Waals surface area contributed by atoms with Crippen LogP contribution in [0.2, 0.25) is 0 Å². The van der Waals surface area contributed by atoms with Crippen molar-refractivity contribution in [3.8, 4) is 0 Å². The van der Waals surface area contributed by atoms with Gasteiger partial charge in [0.25, 0.3) is 0 Å². The minimum atomic E-state index is -2.19. The number of nitrogens with zero attached hydrogens (tertiary/aromatic N) is 5. The lowest BCUT2D eigenvalue weighted by molar-refractivity contribution is -0.345. The topological polar surface area (TPSA) is 145 Å². The van der Waals surface area contributed by atoms with E-state index in [4.69, 9.17) is 29.3 Å². The summed E-state index contributed by atoms with van der Waals surface area (Å²) < 4.78 is 14.4. The lowest BCUT2D eigenvalue weighted by Gasteiger charge is -2.27. The minimum Gasteiger partial charge on any atom is -0.543 e. The van der Waals surface area contributed by atoms with Crippen molar-refractivity contribution in [2.24, 2.45) is 0 Å². The maximum absolute atomic E-state index is 13.0. The first-order chi connectivity index (χ1) is 14.5. The highest BCUT2D eigenvalue weighted by Gasteiger charge is 2.20. The van der Waals surface area contributed by atoms with Crippen molar-refractivity contribution in [1.29, 1.82) is 0 Å². The third-order valence-electron chi connectivity index (χ3n) is 4.83. The fourth-order valence-corrected chi connectivity index (χ4v) is 3.30. The van der Waals surface area contributed by atoms with Crippen LogP contribution < -0.4 is 15.9 Å². The molecule has 164 valence electrons. The van der Waals surface area contributed by atoms with E-state index in [1.54, 1.807) is 10.8 Å². The highest BCUT2D eigenvalue weighted by Crippen LogP contribution is 2.12. The first-order valence-electron chi connectivity index (χ1n) is 9.54. The van der Waals surface area contributed by atoms with Crippen molar-refractivity contribution in [1.82, 2.24) is 23.9 Å². The third kappa shape index (κ3) is 5.42. The van der Waals surface area contributed by atoms with Gasteiger partial charge in [-0.2, -0.15) is 0 Å². The van der Waals surface area contributed by atoms with Crippen LogP contribution in [0.5, 0.6) is 0 Å². The molecule has 0 bridgehead atoms. The molecule has 0 amide bonds. The molecule has 0 atom stereocenters. The highest BCUT2D eigenvalue weighted by atomic mass is 16.5. The summed E-state index contributed by atoms with van der Waals surface area (Å²) in [5, 5.41) is 17.9. The van der Waals surface area contributed by atoms with Gasteiger partial charge in [-0.25, -0.2) is 9.78 Å². The van der Waals surface area contributed by atoms with E-state index in [0.717, 1.165) is 50.6 Å². The Morgan fingerprint density at radius 3 is 1.90 bits per heavy atom. The predicted octanol–water partition coefficient (Wildman–Crippen LogP) is -3.74. The van der Waals surface area contributed by atoms with Crippen molar-refractivity contribution >= 4 is 23.1 Å². The number of ether oxygens (including phenoxy) is 2. The molecule has 12 nitrogen and oxygen atoms in total. The summed E-state index contributed by atoms with van der Waals surface area (Å²) in [5.41, 5.74) is 1.64. The zero-order valence-electron chi connectivity index (χ0n) is 16.4. The fourth-order valence-electron chi connectivity index (χ4n) is 3.30. The number of carboxylic acids is 2. The van der Waals surface area contributed by atoms with Crippen LogP contribution in [0.25, 0.3) is 11.2 Å². The van der Waals surface area contributed by atoms with E-state index in [-0.39, 0.29) is 5.69 Å². The average molecular weight is 421 g/mol. The maximum Gasteiger partial charge on any atom is 0.332 e. The van der Waals surface area contributed by atoms with E-state index in [1.807, 2.05) is 16.7 Å². The van der Waals surface area contributed by atoms with Gasteiger partial charge in [0.1, 0.15) is 0 Å². The van der Waals surface area contributed by atoms with E-state index < -0.39 is 11.9 Å². The molecule has 2 saturated heterocycles. The van der Waals surface area contributed by atoms with Gasteiger partial charge in [0.15, 0.2) is 5.65 Å². The van der Waals surface area contributed by atoms with Gasteiger partial charge in [-0.05, 0) is 12.1 Å². The van der Waals surface area contributed by atoms with Crippen molar-refractivity contribution < 1.29 is 29.3 Å². The van der Waals surface area contributed by atoms with Crippen LogP contribution in [0.1, 0.15) is 0 Å². The van der Waals surface area contributed by atoms with Crippen LogP contribution >= 0.6 is 0 Å². The number of carbonyl (C=O) groups excluding carboxylic acids is 2. The van der Waals surface area contributed by atoms with Crippen molar-refractivity contribution in [3.05, 3.63) is 28.8 Å². The molecule has 4 heterocycles. The molecule has 0 saturated carbocycles. The van der Waals surface area contributed by atoms with E-state index in [0.29, 0.717) is 26.6 Å². The summed E-state index contributed by atoms with van der Waals surface area (Å²) in [6.45, 7) is 7.41. The summed E-state index contributed by atoms with van der Waals surface area (Å²) >= 11 is 0. The Hall–Kier alpha value is -2.80. The Morgan fingerprint density at radius 1 is 0.900 bits per heavy atom. The Bertz CT molecular complexity index is 857. The van der Waals surface area contributed by atoms with Crippen LogP contribution in [0, 0.1) is 0 Å². The molecule has 0 N–H and O–H groups in total. The summed E-state index contributed by atoms with van der Waals surface area (Å²) in [7, 11) is 0. The predicted molar refractivity (Wildman–Crippen MR) is 98.8 cm³/mol. The molecule has 2 aromatic heterocycles. The average Bonchev–Trinajstić information content (AvgIpc) is 3.02. The molecule has 2 fully saturated rings. The molecule has 30 heavy (non-hydrogen) atoms. The molecular formula is C18H23N5O7-2. The van der Waals surface area contributed by atoms with Crippen LogP contribution in [0.4, 0.5) is 0 Å². The number of hydrogen-bond acceptors (Lipinski definition) is 10. The quantitative estimate of drug-likeness (QED) is 0.452. The van der Waals surface area contributed by atoms with E-state index in [2.05, 4.69) is 14.8 Å². The number of carboxylic acid groups (broad SMARTS) is 2. The lowest BCUT2D eigenvalue weighted by atomic mass is 10.4. The van der Waals surface area contributed by atoms with Crippen LogP contribution in [-0.4, -0.2) is 88.5 Å². The van der Waals surface area contributed by atoms with Crippen molar-refractivity contribution in [2.75, 3.05) is 52.6 Å². The third-order valence-corrected chi connectivity index (χ3v) is 4.83. The van der Waals surface area contributed by atoms with Gasteiger partial charge in [0.05, 0.1) is 57.2 Å². The van der Waals surface area contributed by atoms with Gasteiger partial charge in [-0.15, -0.1) is 0 Å². The molecule has 2 aromatic rings. The maximum atomic E-state index is 13.0. The Labute approximate surface area is 171 Å². The number of carbonyl (C=O) groups is 2. The second-order valence-electron chi connectivity index (χ2n) is 6.80. The number of pyridine rings is 1. The van der Waals surface area contributed by atoms with Gasteiger partial charge >= 0.3 is 5.69 Å². The van der Waals surface area contributed by atoms with Gasteiger partial charge in [-0.3, -0.25) is 18.9 Å². The zero-order valence-corrected chi connectivity index (χ0v) is 16.4. The zero-order chi connectivity index (χ0) is 21.5. The van der Waals surface area contributed by atoms with Gasteiger partial charge in [-0.1, -0.05) is 0 Å². The molecular weight excluding hydrogens is 398 g/mol. The Morgan fingerprint density at radius 2 is 1.40 bits per heavy atom. The molecule has 12 heteroatoms. The molecule has 0 unspecified atom stereocenters. The second-order valence-corrected chi connectivity index (χ2v) is 6.80. The van der Waals surface area contributed by atoms with Crippen molar-refractivity contribution in [3.63, 3.8) is 0 Å². The molecule has 2 aliphatic heterocycles. The molecule has 4 rings (SSSR count). The Kier molecular flexibility index (Phi) is 7.52. The summed E-state index contributed by atoms with van der Waals surface area (Å²) in [6, 6.07) is 3.86. The molecule has 2 aliphatic rings. The van der Waals surface area contributed by atoms with Crippen LogP contribution in [0.15, 0.2) is 23.1 Å². The minimum absolute atomic E-state index is 0.00156. The van der Waals surface area contributed by atoms with Crippen LogP contribution in [0.3, 0.4) is 0 Å². The molecule has 0 spiro atoms. The SMILES string of the molecule is O=C([O-])C(=O)[O-].O=c1n(CN2CCOCC2)c2cccnc2n1CN1CCOCC1. The first-order valence-corrected chi connectivity index (χ1v) is 9.54. The summed E-state index contributed by atoms with van der Waals surface area (Å²) in [6.07, 6.45) is 1.75. The lowest BCUT2D eigenvalue weighted by Crippen LogP contribution is -2.42. The van der Waals surface area contributed by atoms with Gasteiger partial charge in [0, 0.05) is 32.4 Å². The van der Waals surface area contributed by atoms with Crippen LogP contribution in [-0.2, 0) is 32.4 Å². The number of fused-ring (bicyclic) bond motifs is 1. The molecule has 0 radical (unpaired) electrons. The summed E-state index contributed by atoms with van der Waals surface area (Å²) in [4.78, 5) is 39.8. The second kappa shape index (κ2) is 10.3. The van der Waals surface area contributed by atoms with Crippen molar-refractivity contribution in [2.45, 2.75) is 13.3 Å². The monoisotopic (exact) mass is 421 g/mol. The largest absolute Gasteiger partial charge is 0.543 e. The Balaban J connectivity index is 0.000000377. The van der Waals surface area contributed by atoms with E-state index in [9.17, 15) is 4.79 Å². The molecule has 0 aromatic carbocycles. The summed E-state index contributed by atoms with van der Waals surface area (Å²) in [5.74, 6) is -4.37. The standard InChI is InChI=1S/C16H23N5O3.C2H2O4/c22-16-20(12-18-4-8-23-9-5-18)14-2-1-3-17-15(14)21(16)13-19-6-10-24-11-7-19;3-1(4)2(5)6/h1-3H,4-13H2;(H,3,4)(H,5,6)/p-2. The smallest absolute Gasteiger partial charge is 0.332 e. The number of morpholine rings is 2. The van der Waals surface area contributed by atoms with E-state index >= 15 is 0 Å². The number of rotatable bonds is 4. The van der Waals surface area contributed by atoms with Gasteiger partial charge in [0.2, 0.25) is 0 Å². The van der Waals surface area contributed by atoms with Gasteiger partial charge < -0.3 is 29.3 Å². The normalized spacial score (nSPS) is 18.0. The number of imidazole rings is 1. The first kappa shape index (κ1) is 21.9. The number of hydrogen-bond donors (Lipinski definition) is 0. The fraction of sp³-hybridized carbons (Fsp3) is 0.556. The molecule has 0 aliphatic carbocycles. The van der Waals surface area contributed by atoms with E-state index in [1.165, 1.54) is 0 Å². The highest BCUT2D eigenvalue weighted by molar-refractivity contribution is 6.25.